The molecule has 0 fully saturated rings. The van der Waals surface area contributed by atoms with Gasteiger partial charge in [0.05, 0.1) is 4.90 Å². The Balaban J connectivity index is 2.23. The zero-order valence-electron chi connectivity index (χ0n) is 11.4. The van der Waals surface area contributed by atoms with Crippen molar-refractivity contribution in [3.05, 3.63) is 58.1 Å². The van der Waals surface area contributed by atoms with Crippen molar-refractivity contribution in [2.45, 2.75) is 18.2 Å². The van der Waals surface area contributed by atoms with Gasteiger partial charge in [0.1, 0.15) is 0 Å². The van der Waals surface area contributed by atoms with Crippen LogP contribution in [0.25, 0.3) is 0 Å². The Hall–Kier alpha value is -1.04. The number of benzene rings is 2. The van der Waals surface area contributed by atoms with E-state index in [1.165, 1.54) is 0 Å². The fourth-order valence-corrected chi connectivity index (χ4v) is 3.46. The number of sulfonamides is 1. The Labute approximate surface area is 138 Å². The molecule has 0 aliphatic carbocycles. The Bertz CT molecular complexity index is 730. The molecule has 3 nitrogen and oxygen atoms in total. The number of alkyl halides is 1. The lowest BCUT2D eigenvalue weighted by Crippen LogP contribution is -2.13. The molecule has 0 heterocycles. The largest absolute Gasteiger partial charge is 0.280 e. The van der Waals surface area contributed by atoms with Crippen LogP contribution < -0.4 is 4.72 Å². The van der Waals surface area contributed by atoms with Gasteiger partial charge in [-0.25, -0.2) is 8.42 Å². The van der Waals surface area contributed by atoms with Crippen molar-refractivity contribution in [2.24, 2.45) is 0 Å². The summed E-state index contributed by atoms with van der Waals surface area (Å²) in [6, 6.07) is 12.1. The summed E-state index contributed by atoms with van der Waals surface area (Å²) in [4.78, 5) is 0.234. The van der Waals surface area contributed by atoms with E-state index >= 15 is 0 Å². The molecular weight excluding hydrogens is 374 g/mol. The third-order valence-electron chi connectivity index (χ3n) is 3.04. The molecule has 0 aliphatic heterocycles. The van der Waals surface area contributed by atoms with E-state index < -0.39 is 10.0 Å². The van der Waals surface area contributed by atoms with Crippen molar-refractivity contribution < 1.29 is 8.42 Å². The molecule has 0 aromatic heterocycles. The average molecular weight is 389 g/mol. The van der Waals surface area contributed by atoms with Gasteiger partial charge >= 0.3 is 0 Å². The highest BCUT2D eigenvalue weighted by Gasteiger charge is 2.14. The molecule has 0 bridgehead atoms. The number of nitrogens with one attached hydrogen (secondary N) is 1. The number of hydrogen-bond acceptors (Lipinski definition) is 2. The Morgan fingerprint density at radius 2 is 1.81 bits per heavy atom. The smallest absolute Gasteiger partial charge is 0.261 e. The molecule has 0 radical (unpaired) electrons. The molecule has 0 spiro atoms. The van der Waals surface area contributed by atoms with Gasteiger partial charge in [-0.1, -0.05) is 34.1 Å². The first-order valence-electron chi connectivity index (χ1n) is 6.36. The van der Waals surface area contributed by atoms with Crippen LogP contribution in [-0.2, 0) is 16.4 Å². The standard InChI is InChI=1S/C15H15BrClNO2S/c1-11-2-5-13(10-15(11)16)18-21(19,20)14-6-3-12(4-7-14)8-9-17/h2-7,10,18H,8-9H2,1H3. The summed E-state index contributed by atoms with van der Waals surface area (Å²) >= 11 is 9.05. The first kappa shape index (κ1) is 16.3. The first-order chi connectivity index (χ1) is 9.92. The molecule has 2 aromatic carbocycles. The van der Waals surface area contributed by atoms with E-state index in [1.54, 1.807) is 36.4 Å². The highest BCUT2D eigenvalue weighted by Crippen LogP contribution is 2.23. The minimum atomic E-state index is -3.58. The van der Waals surface area contributed by atoms with Gasteiger partial charge < -0.3 is 0 Å². The Morgan fingerprint density at radius 3 is 2.38 bits per heavy atom. The van der Waals surface area contributed by atoms with E-state index in [4.69, 9.17) is 11.6 Å². The fourth-order valence-electron chi connectivity index (χ4n) is 1.81. The monoisotopic (exact) mass is 387 g/mol. The van der Waals surface area contributed by atoms with Gasteiger partial charge in [0.25, 0.3) is 10.0 Å². The van der Waals surface area contributed by atoms with E-state index in [9.17, 15) is 8.42 Å². The molecule has 0 aliphatic rings. The first-order valence-corrected chi connectivity index (χ1v) is 9.17. The molecule has 112 valence electrons. The van der Waals surface area contributed by atoms with Crippen LogP contribution in [0.2, 0.25) is 0 Å². The molecular formula is C15H15BrClNO2S. The van der Waals surface area contributed by atoms with Gasteiger partial charge in [0.2, 0.25) is 0 Å². The van der Waals surface area contributed by atoms with Gasteiger partial charge in [0.15, 0.2) is 0 Å². The van der Waals surface area contributed by atoms with Crippen molar-refractivity contribution in [1.29, 1.82) is 0 Å². The van der Waals surface area contributed by atoms with Gasteiger partial charge in [0, 0.05) is 16.0 Å². The minimum Gasteiger partial charge on any atom is -0.280 e. The Morgan fingerprint density at radius 1 is 1.14 bits per heavy atom. The zero-order valence-corrected chi connectivity index (χ0v) is 14.6. The van der Waals surface area contributed by atoms with Crippen LogP contribution >= 0.6 is 27.5 Å². The second kappa shape index (κ2) is 6.81. The van der Waals surface area contributed by atoms with E-state index in [0.29, 0.717) is 11.6 Å². The van der Waals surface area contributed by atoms with Crippen LogP contribution in [0.4, 0.5) is 5.69 Å². The Kier molecular flexibility index (Phi) is 5.30. The lowest BCUT2D eigenvalue weighted by molar-refractivity contribution is 0.601. The zero-order chi connectivity index (χ0) is 15.5. The minimum absolute atomic E-state index is 0.234. The molecule has 2 rings (SSSR count). The van der Waals surface area contributed by atoms with E-state index in [-0.39, 0.29) is 4.90 Å². The molecule has 0 amide bonds. The van der Waals surface area contributed by atoms with Crippen molar-refractivity contribution in [3.63, 3.8) is 0 Å². The third-order valence-corrected chi connectivity index (χ3v) is 5.48. The maximum absolute atomic E-state index is 12.3. The summed E-state index contributed by atoms with van der Waals surface area (Å²) < 4.78 is 28.1. The molecule has 6 heteroatoms. The van der Waals surface area contributed by atoms with Crippen LogP contribution in [0.15, 0.2) is 51.8 Å². The molecule has 0 atom stereocenters. The highest BCUT2D eigenvalue weighted by atomic mass is 79.9. The van der Waals surface area contributed by atoms with Crippen molar-refractivity contribution >= 4 is 43.2 Å². The lowest BCUT2D eigenvalue weighted by atomic mass is 10.2. The normalized spacial score (nSPS) is 11.4. The van der Waals surface area contributed by atoms with Gasteiger partial charge in [-0.3, -0.25) is 4.72 Å². The summed E-state index contributed by atoms with van der Waals surface area (Å²) in [6.45, 7) is 1.94. The molecule has 1 N–H and O–H groups in total. The van der Waals surface area contributed by atoms with Crippen LogP contribution in [0.3, 0.4) is 0 Å². The summed E-state index contributed by atoms with van der Waals surface area (Å²) in [5.41, 5.74) is 2.59. The second-order valence-corrected chi connectivity index (χ2v) is 7.57. The molecule has 21 heavy (non-hydrogen) atoms. The van der Waals surface area contributed by atoms with Gasteiger partial charge in [-0.05, 0) is 48.7 Å². The molecule has 0 saturated heterocycles. The van der Waals surface area contributed by atoms with E-state index in [1.807, 2.05) is 13.0 Å². The third kappa shape index (κ3) is 4.22. The number of aryl methyl sites for hydroxylation is 2. The van der Waals surface area contributed by atoms with Gasteiger partial charge in [-0.2, -0.15) is 0 Å². The molecule has 2 aromatic rings. The van der Waals surface area contributed by atoms with Crippen LogP contribution in [0.1, 0.15) is 11.1 Å². The fraction of sp³-hybridized carbons (Fsp3) is 0.200. The van der Waals surface area contributed by atoms with Crippen molar-refractivity contribution in [2.75, 3.05) is 10.6 Å². The number of anilines is 1. The van der Waals surface area contributed by atoms with E-state index in [0.717, 1.165) is 22.0 Å². The average Bonchev–Trinajstić information content (AvgIpc) is 2.44. The van der Waals surface area contributed by atoms with Gasteiger partial charge in [-0.15, -0.1) is 11.6 Å². The second-order valence-electron chi connectivity index (χ2n) is 4.65. The maximum atomic E-state index is 12.3. The van der Waals surface area contributed by atoms with Crippen molar-refractivity contribution in [3.8, 4) is 0 Å². The number of halogens is 2. The summed E-state index contributed by atoms with van der Waals surface area (Å²) in [5.74, 6) is 0.516. The summed E-state index contributed by atoms with van der Waals surface area (Å²) in [7, 11) is -3.58. The van der Waals surface area contributed by atoms with Crippen LogP contribution in [-0.4, -0.2) is 14.3 Å². The predicted molar refractivity (Wildman–Crippen MR) is 90.6 cm³/mol. The highest BCUT2D eigenvalue weighted by molar-refractivity contribution is 9.10. The van der Waals surface area contributed by atoms with Crippen LogP contribution in [0, 0.1) is 6.92 Å². The summed E-state index contributed by atoms with van der Waals surface area (Å²) in [6.07, 6.45) is 0.722. The van der Waals surface area contributed by atoms with E-state index in [2.05, 4.69) is 20.7 Å². The van der Waals surface area contributed by atoms with Crippen LogP contribution in [0.5, 0.6) is 0 Å². The molecule has 0 saturated carbocycles. The van der Waals surface area contributed by atoms with Crippen molar-refractivity contribution in [1.82, 2.24) is 0 Å². The number of rotatable bonds is 5. The predicted octanol–water partition coefficient (Wildman–Crippen LogP) is 4.34. The SMILES string of the molecule is Cc1ccc(NS(=O)(=O)c2ccc(CCCl)cc2)cc1Br. The quantitative estimate of drug-likeness (QED) is 0.774. The maximum Gasteiger partial charge on any atom is 0.261 e. The lowest BCUT2D eigenvalue weighted by Gasteiger charge is -2.10. The topological polar surface area (TPSA) is 46.2 Å². The molecule has 0 unspecified atom stereocenters. The summed E-state index contributed by atoms with van der Waals surface area (Å²) in [5, 5.41) is 0. The number of hydrogen-bond donors (Lipinski definition) is 1.